The zero-order valence-electron chi connectivity index (χ0n) is 16.4. The van der Waals surface area contributed by atoms with E-state index < -0.39 is 20.0 Å². The summed E-state index contributed by atoms with van der Waals surface area (Å²) in [5.41, 5.74) is 3.54. The van der Waals surface area contributed by atoms with Crippen molar-refractivity contribution in [3.05, 3.63) is 121 Å². The van der Waals surface area contributed by atoms with Crippen molar-refractivity contribution in [2.45, 2.75) is 0 Å². The van der Waals surface area contributed by atoms with Gasteiger partial charge in [-0.25, -0.2) is 4.79 Å². The van der Waals surface area contributed by atoms with Crippen molar-refractivity contribution in [2.75, 3.05) is 0 Å². The van der Waals surface area contributed by atoms with Crippen LogP contribution in [0.1, 0.15) is 0 Å². The summed E-state index contributed by atoms with van der Waals surface area (Å²) in [6, 6.07) is 38.7. The molecule has 0 bridgehead atoms. The van der Waals surface area contributed by atoms with Crippen LogP contribution in [0.25, 0.3) is 0 Å². The molecule has 0 saturated heterocycles. The van der Waals surface area contributed by atoms with Crippen LogP contribution in [0.15, 0.2) is 121 Å². The molecule has 144 valence electrons. The van der Waals surface area contributed by atoms with Crippen molar-refractivity contribution in [3.8, 4) is 0 Å². The van der Waals surface area contributed by atoms with Gasteiger partial charge in [0.15, 0.2) is 0 Å². The summed E-state index contributed by atoms with van der Waals surface area (Å²) in [6.45, 7) is -1.10. The lowest BCUT2D eigenvalue weighted by atomic mass is 9.55. The SMILES string of the molecule is O=C(OB(c1ccccc1)c1ccccc1)OB(c1ccccc1)c1ccccc1. The lowest BCUT2D eigenvalue weighted by Gasteiger charge is -2.19. The van der Waals surface area contributed by atoms with Crippen LogP contribution in [0.4, 0.5) is 4.79 Å². The Bertz CT molecular complexity index is 893. The van der Waals surface area contributed by atoms with Gasteiger partial charge in [-0.05, 0) is 21.9 Å². The fourth-order valence-corrected chi connectivity index (χ4v) is 3.39. The predicted molar refractivity (Wildman–Crippen MR) is 123 cm³/mol. The maximum absolute atomic E-state index is 12.9. The van der Waals surface area contributed by atoms with Crippen molar-refractivity contribution in [1.82, 2.24) is 0 Å². The Balaban J connectivity index is 1.60. The van der Waals surface area contributed by atoms with Gasteiger partial charge < -0.3 is 9.31 Å². The highest BCUT2D eigenvalue weighted by Crippen LogP contribution is 2.01. The van der Waals surface area contributed by atoms with Gasteiger partial charge in [-0.15, -0.1) is 0 Å². The van der Waals surface area contributed by atoms with Crippen molar-refractivity contribution >= 4 is 41.8 Å². The first-order valence-electron chi connectivity index (χ1n) is 9.88. The first kappa shape index (κ1) is 19.6. The van der Waals surface area contributed by atoms with Crippen molar-refractivity contribution in [2.24, 2.45) is 0 Å². The van der Waals surface area contributed by atoms with Crippen molar-refractivity contribution < 1.29 is 14.1 Å². The molecule has 0 atom stereocenters. The molecule has 0 radical (unpaired) electrons. The largest absolute Gasteiger partial charge is 0.497 e. The fraction of sp³-hybridized carbons (Fsp3) is 0. The monoisotopic (exact) mass is 390 g/mol. The van der Waals surface area contributed by atoms with E-state index in [1.54, 1.807) is 0 Å². The maximum Gasteiger partial charge on any atom is 0.473 e. The van der Waals surface area contributed by atoms with Gasteiger partial charge in [0.1, 0.15) is 0 Å². The molecule has 0 aliphatic heterocycles. The Morgan fingerprint density at radius 2 is 0.667 bits per heavy atom. The smallest absolute Gasteiger partial charge is 0.473 e. The summed E-state index contributed by atoms with van der Waals surface area (Å²) < 4.78 is 11.7. The molecule has 0 amide bonds. The Morgan fingerprint density at radius 3 is 0.900 bits per heavy atom. The molecule has 0 unspecified atom stereocenters. The summed E-state index contributed by atoms with van der Waals surface area (Å²) in [5.74, 6) is 0. The number of carbonyl (C=O) groups excluding carboxylic acids is 1. The van der Waals surface area contributed by atoms with Gasteiger partial charge in [-0.1, -0.05) is 121 Å². The van der Waals surface area contributed by atoms with E-state index in [9.17, 15) is 4.79 Å². The van der Waals surface area contributed by atoms with Gasteiger partial charge in [0, 0.05) is 0 Å². The van der Waals surface area contributed by atoms with Crippen molar-refractivity contribution in [1.29, 1.82) is 0 Å². The van der Waals surface area contributed by atoms with Crippen LogP contribution in [0.3, 0.4) is 0 Å². The summed E-state index contributed by atoms with van der Waals surface area (Å²) in [7, 11) is 0. The first-order chi connectivity index (χ1) is 14.8. The van der Waals surface area contributed by atoms with Gasteiger partial charge in [0.05, 0.1) is 0 Å². The second kappa shape index (κ2) is 9.66. The third kappa shape index (κ3) is 4.81. The molecule has 4 aromatic carbocycles. The topological polar surface area (TPSA) is 35.5 Å². The Morgan fingerprint density at radius 1 is 0.433 bits per heavy atom. The number of carbonyl (C=O) groups is 1. The van der Waals surface area contributed by atoms with E-state index in [0.29, 0.717) is 0 Å². The molecular weight excluding hydrogens is 370 g/mol. The molecule has 0 spiro atoms. The minimum atomic E-state index is -0.717. The number of hydrogen-bond donors (Lipinski definition) is 0. The molecule has 0 aromatic heterocycles. The second-order valence-electron chi connectivity index (χ2n) is 6.89. The van der Waals surface area contributed by atoms with Crippen molar-refractivity contribution in [3.63, 3.8) is 0 Å². The molecule has 5 heteroatoms. The number of benzene rings is 4. The summed E-state index contributed by atoms with van der Waals surface area (Å²) in [4.78, 5) is 12.9. The van der Waals surface area contributed by atoms with Crippen LogP contribution in [0.5, 0.6) is 0 Å². The minimum absolute atomic E-state index is 0.549. The van der Waals surface area contributed by atoms with Crippen LogP contribution in [-0.4, -0.2) is 20.0 Å². The van der Waals surface area contributed by atoms with Gasteiger partial charge in [0.25, 0.3) is 0 Å². The fourth-order valence-electron chi connectivity index (χ4n) is 3.39. The zero-order valence-corrected chi connectivity index (χ0v) is 16.4. The molecule has 0 N–H and O–H groups in total. The van der Waals surface area contributed by atoms with E-state index in [0.717, 1.165) is 21.9 Å². The Kier molecular flexibility index (Phi) is 6.31. The van der Waals surface area contributed by atoms with Gasteiger partial charge >= 0.3 is 20.0 Å². The highest BCUT2D eigenvalue weighted by molar-refractivity contribution is 6.83. The summed E-state index contributed by atoms with van der Waals surface area (Å²) >= 11 is 0. The quantitative estimate of drug-likeness (QED) is 0.475. The summed E-state index contributed by atoms with van der Waals surface area (Å²) in [5, 5.41) is 0. The zero-order chi connectivity index (χ0) is 20.6. The first-order valence-corrected chi connectivity index (χ1v) is 9.88. The van der Waals surface area contributed by atoms with Gasteiger partial charge in [0.2, 0.25) is 0 Å². The highest BCUT2D eigenvalue weighted by atomic mass is 16.7. The van der Waals surface area contributed by atoms with Crippen LogP contribution in [0.2, 0.25) is 0 Å². The molecule has 0 aliphatic rings. The number of rotatable bonds is 6. The third-order valence-electron chi connectivity index (χ3n) is 4.84. The van der Waals surface area contributed by atoms with Crippen LogP contribution < -0.4 is 21.9 Å². The molecule has 3 nitrogen and oxygen atoms in total. The minimum Gasteiger partial charge on any atom is -0.497 e. The molecule has 4 aromatic rings. The average Bonchev–Trinajstić information content (AvgIpc) is 2.83. The lowest BCUT2D eigenvalue weighted by Crippen LogP contribution is -2.50. The van der Waals surface area contributed by atoms with Crippen LogP contribution >= 0.6 is 0 Å². The van der Waals surface area contributed by atoms with E-state index in [1.807, 2.05) is 121 Å². The molecule has 0 heterocycles. The molecule has 0 saturated carbocycles. The molecule has 0 fully saturated rings. The van der Waals surface area contributed by atoms with Crippen LogP contribution in [0, 0.1) is 0 Å². The molecule has 30 heavy (non-hydrogen) atoms. The average molecular weight is 390 g/mol. The highest BCUT2D eigenvalue weighted by Gasteiger charge is 2.31. The van der Waals surface area contributed by atoms with E-state index in [1.165, 1.54) is 0 Å². The summed E-state index contributed by atoms with van der Waals surface area (Å²) in [6.07, 6.45) is -0.717. The van der Waals surface area contributed by atoms with E-state index >= 15 is 0 Å². The Hall–Kier alpha value is -3.72. The molecule has 4 rings (SSSR count). The van der Waals surface area contributed by atoms with E-state index in [-0.39, 0.29) is 0 Å². The molecule has 0 aliphatic carbocycles. The lowest BCUT2D eigenvalue weighted by molar-refractivity contribution is 0.155. The Labute approximate surface area is 177 Å². The van der Waals surface area contributed by atoms with Gasteiger partial charge in [-0.3, -0.25) is 0 Å². The molecular formula is C25H20B2O3. The third-order valence-corrected chi connectivity index (χ3v) is 4.84. The number of hydrogen-bond acceptors (Lipinski definition) is 3. The normalized spacial score (nSPS) is 10.1. The van der Waals surface area contributed by atoms with E-state index in [4.69, 9.17) is 9.31 Å². The van der Waals surface area contributed by atoms with E-state index in [2.05, 4.69) is 0 Å². The maximum atomic E-state index is 12.9. The predicted octanol–water partition coefficient (Wildman–Crippen LogP) is 2.75. The standard InChI is InChI=1S/C25H20B2O3/c28-25(29-26(21-13-5-1-6-14-21)22-15-7-2-8-16-22)30-27(23-17-9-3-10-18-23)24-19-11-4-12-20-24/h1-20H. The van der Waals surface area contributed by atoms with Crippen LogP contribution in [-0.2, 0) is 9.31 Å². The second-order valence-corrected chi connectivity index (χ2v) is 6.89. The van der Waals surface area contributed by atoms with Gasteiger partial charge in [-0.2, -0.15) is 0 Å².